The quantitative estimate of drug-likeness (QED) is 0.724. The van der Waals surface area contributed by atoms with Crippen molar-refractivity contribution in [3.63, 3.8) is 0 Å². The van der Waals surface area contributed by atoms with Crippen molar-refractivity contribution in [1.29, 1.82) is 0 Å². The Balaban J connectivity index is 1.45. The highest BCUT2D eigenvalue weighted by Crippen LogP contribution is 2.28. The molecule has 128 valence electrons. The Hall–Kier alpha value is -2.67. The van der Waals surface area contributed by atoms with Gasteiger partial charge in [-0.3, -0.25) is 14.9 Å². The summed E-state index contributed by atoms with van der Waals surface area (Å²) in [7, 11) is 0. The van der Waals surface area contributed by atoms with Crippen LogP contribution in [0.25, 0.3) is 11.6 Å². The van der Waals surface area contributed by atoms with Crippen LogP contribution in [0.15, 0.2) is 41.3 Å². The third-order valence-corrected chi connectivity index (χ3v) is 4.45. The minimum Gasteiger partial charge on any atom is -0.419 e. The summed E-state index contributed by atoms with van der Waals surface area (Å²) in [6.45, 7) is 4.83. The summed E-state index contributed by atoms with van der Waals surface area (Å²) in [5.74, 6) is 1.39. The first-order valence-corrected chi connectivity index (χ1v) is 8.51. The van der Waals surface area contributed by atoms with Crippen molar-refractivity contribution in [2.75, 3.05) is 13.1 Å². The van der Waals surface area contributed by atoms with E-state index in [1.807, 2.05) is 19.3 Å². The van der Waals surface area contributed by atoms with Gasteiger partial charge in [-0.25, -0.2) is 4.98 Å². The molecule has 1 atom stereocenters. The summed E-state index contributed by atoms with van der Waals surface area (Å²) >= 11 is 0. The highest BCUT2D eigenvalue weighted by molar-refractivity contribution is 5.43. The smallest absolute Gasteiger partial charge is 0.267 e. The summed E-state index contributed by atoms with van der Waals surface area (Å²) in [6, 6.07) is 4.12. The molecule has 4 rings (SSSR count). The van der Waals surface area contributed by atoms with Gasteiger partial charge in [-0.15, -0.1) is 10.2 Å². The SMILES string of the molecule is Cc1cnc(-c2nnc(C3CCCN(Cc4ccncc4)C3)o2)cn1. The average molecular weight is 336 g/mol. The monoisotopic (exact) mass is 336 g/mol. The molecular weight excluding hydrogens is 316 g/mol. The zero-order chi connectivity index (χ0) is 17.1. The minimum absolute atomic E-state index is 0.259. The maximum Gasteiger partial charge on any atom is 0.267 e. The lowest BCUT2D eigenvalue weighted by molar-refractivity contribution is 0.186. The summed E-state index contributed by atoms with van der Waals surface area (Å²) < 4.78 is 5.89. The predicted octanol–water partition coefficient (Wildman–Crippen LogP) is 2.61. The lowest BCUT2D eigenvalue weighted by Gasteiger charge is -2.30. The fourth-order valence-corrected chi connectivity index (χ4v) is 3.15. The molecule has 0 amide bonds. The third kappa shape index (κ3) is 3.71. The zero-order valence-electron chi connectivity index (χ0n) is 14.2. The number of pyridine rings is 1. The summed E-state index contributed by atoms with van der Waals surface area (Å²) in [6.07, 6.45) is 9.23. The molecule has 0 radical (unpaired) electrons. The van der Waals surface area contributed by atoms with Crippen LogP contribution < -0.4 is 0 Å². The molecule has 1 saturated heterocycles. The van der Waals surface area contributed by atoms with E-state index in [0.29, 0.717) is 17.5 Å². The standard InChI is InChI=1S/C18H20N6O/c1-13-9-21-16(10-20-13)18-23-22-17(25-18)15-3-2-8-24(12-15)11-14-4-6-19-7-5-14/h4-7,9-10,15H,2-3,8,11-12H2,1H3. The highest BCUT2D eigenvalue weighted by atomic mass is 16.4. The Kier molecular flexibility index (Phi) is 4.47. The molecule has 3 aromatic heterocycles. The lowest BCUT2D eigenvalue weighted by Crippen LogP contribution is -2.34. The predicted molar refractivity (Wildman–Crippen MR) is 91.6 cm³/mol. The summed E-state index contributed by atoms with van der Waals surface area (Å²) in [5.41, 5.74) is 2.76. The van der Waals surface area contributed by atoms with Crippen molar-refractivity contribution in [1.82, 2.24) is 30.0 Å². The number of hydrogen-bond acceptors (Lipinski definition) is 7. The first kappa shape index (κ1) is 15.8. The van der Waals surface area contributed by atoms with E-state index in [2.05, 4.69) is 42.2 Å². The third-order valence-electron chi connectivity index (χ3n) is 4.45. The van der Waals surface area contributed by atoms with Crippen LogP contribution in [0.1, 0.15) is 35.9 Å². The van der Waals surface area contributed by atoms with Gasteiger partial charge in [0, 0.05) is 31.7 Å². The molecular formula is C18H20N6O. The van der Waals surface area contributed by atoms with Crippen LogP contribution in [0, 0.1) is 6.92 Å². The molecule has 0 spiro atoms. The van der Waals surface area contributed by atoms with Gasteiger partial charge in [0.2, 0.25) is 5.89 Å². The normalized spacial score (nSPS) is 18.4. The van der Waals surface area contributed by atoms with E-state index in [0.717, 1.165) is 38.2 Å². The first-order valence-electron chi connectivity index (χ1n) is 8.51. The lowest BCUT2D eigenvalue weighted by atomic mass is 9.97. The molecule has 1 aliphatic heterocycles. The van der Waals surface area contributed by atoms with Gasteiger partial charge in [-0.05, 0) is 44.0 Å². The van der Waals surface area contributed by atoms with Gasteiger partial charge in [0.25, 0.3) is 5.89 Å². The van der Waals surface area contributed by atoms with Crippen LogP contribution in [0.3, 0.4) is 0 Å². The molecule has 0 aromatic carbocycles. The van der Waals surface area contributed by atoms with Gasteiger partial charge in [0.1, 0.15) is 5.69 Å². The van der Waals surface area contributed by atoms with Gasteiger partial charge in [-0.2, -0.15) is 0 Å². The van der Waals surface area contributed by atoms with Gasteiger partial charge >= 0.3 is 0 Å². The Morgan fingerprint density at radius 3 is 2.84 bits per heavy atom. The van der Waals surface area contributed by atoms with Crippen molar-refractivity contribution >= 4 is 0 Å². The number of rotatable bonds is 4. The number of likely N-dealkylation sites (tertiary alicyclic amines) is 1. The molecule has 1 aliphatic rings. The molecule has 3 aromatic rings. The maximum absolute atomic E-state index is 5.89. The van der Waals surface area contributed by atoms with E-state index in [-0.39, 0.29) is 5.92 Å². The minimum atomic E-state index is 0.259. The molecule has 7 heteroatoms. The molecule has 1 unspecified atom stereocenters. The van der Waals surface area contributed by atoms with E-state index in [1.54, 1.807) is 12.4 Å². The molecule has 7 nitrogen and oxygen atoms in total. The fraction of sp³-hybridized carbons (Fsp3) is 0.389. The molecule has 25 heavy (non-hydrogen) atoms. The molecule has 1 fully saturated rings. The molecule has 0 bridgehead atoms. The van der Waals surface area contributed by atoms with Gasteiger partial charge in [0.15, 0.2) is 0 Å². The van der Waals surface area contributed by atoms with Crippen LogP contribution >= 0.6 is 0 Å². The van der Waals surface area contributed by atoms with Gasteiger partial charge in [-0.1, -0.05) is 0 Å². The molecule has 0 aliphatic carbocycles. The van der Waals surface area contributed by atoms with E-state index in [9.17, 15) is 0 Å². The average Bonchev–Trinajstić information content (AvgIpc) is 3.14. The Labute approximate surface area is 146 Å². The Morgan fingerprint density at radius 2 is 2.04 bits per heavy atom. The van der Waals surface area contributed by atoms with E-state index in [4.69, 9.17) is 4.42 Å². The van der Waals surface area contributed by atoms with Crippen molar-refractivity contribution in [2.24, 2.45) is 0 Å². The number of nitrogens with zero attached hydrogens (tertiary/aromatic N) is 6. The van der Waals surface area contributed by atoms with Gasteiger partial charge in [0.05, 0.1) is 17.8 Å². The van der Waals surface area contributed by atoms with E-state index >= 15 is 0 Å². The number of aryl methyl sites for hydroxylation is 1. The topological polar surface area (TPSA) is 80.8 Å². The van der Waals surface area contributed by atoms with Crippen molar-refractivity contribution in [3.8, 4) is 11.6 Å². The van der Waals surface area contributed by atoms with Crippen LogP contribution in [0.5, 0.6) is 0 Å². The largest absolute Gasteiger partial charge is 0.419 e. The molecule has 0 saturated carbocycles. The molecule has 0 N–H and O–H groups in total. The van der Waals surface area contributed by atoms with Crippen LogP contribution in [-0.4, -0.2) is 43.1 Å². The zero-order valence-corrected chi connectivity index (χ0v) is 14.2. The number of hydrogen-bond donors (Lipinski definition) is 0. The second-order valence-corrected chi connectivity index (χ2v) is 6.42. The van der Waals surface area contributed by atoms with Crippen LogP contribution in [0.4, 0.5) is 0 Å². The fourth-order valence-electron chi connectivity index (χ4n) is 3.15. The number of piperidine rings is 1. The Bertz CT molecular complexity index is 817. The first-order chi connectivity index (χ1) is 12.3. The van der Waals surface area contributed by atoms with Crippen molar-refractivity contribution in [2.45, 2.75) is 32.2 Å². The van der Waals surface area contributed by atoms with E-state index < -0.39 is 0 Å². The Morgan fingerprint density at radius 1 is 1.16 bits per heavy atom. The summed E-state index contributed by atoms with van der Waals surface area (Å²) in [4.78, 5) is 15.0. The van der Waals surface area contributed by atoms with E-state index in [1.165, 1.54) is 5.56 Å². The highest BCUT2D eigenvalue weighted by Gasteiger charge is 2.26. The second kappa shape index (κ2) is 7.06. The molecule has 4 heterocycles. The van der Waals surface area contributed by atoms with Gasteiger partial charge < -0.3 is 4.42 Å². The van der Waals surface area contributed by atoms with Crippen molar-refractivity contribution in [3.05, 3.63) is 54.1 Å². The van der Waals surface area contributed by atoms with Crippen LogP contribution in [-0.2, 0) is 6.54 Å². The second-order valence-electron chi connectivity index (χ2n) is 6.42. The summed E-state index contributed by atoms with van der Waals surface area (Å²) in [5, 5.41) is 8.41. The maximum atomic E-state index is 5.89. The van der Waals surface area contributed by atoms with Crippen LogP contribution in [0.2, 0.25) is 0 Å². The van der Waals surface area contributed by atoms with Crippen molar-refractivity contribution < 1.29 is 4.42 Å². The number of aromatic nitrogens is 5.